The van der Waals surface area contributed by atoms with Gasteiger partial charge in [0.15, 0.2) is 5.65 Å². The highest BCUT2D eigenvalue weighted by Crippen LogP contribution is 2.25. The zero-order valence-corrected chi connectivity index (χ0v) is 12.6. The number of halogens is 1. The van der Waals surface area contributed by atoms with Crippen molar-refractivity contribution in [2.45, 2.75) is 13.3 Å². The molecule has 0 bridgehead atoms. The first-order chi connectivity index (χ1) is 11.1. The van der Waals surface area contributed by atoms with Crippen LogP contribution < -0.4 is 5.73 Å². The summed E-state index contributed by atoms with van der Waals surface area (Å²) in [6.07, 6.45) is 0.639. The van der Waals surface area contributed by atoms with Crippen molar-refractivity contribution in [3.63, 3.8) is 0 Å². The summed E-state index contributed by atoms with van der Waals surface area (Å²) in [5.74, 6) is 0.257. The van der Waals surface area contributed by atoms with E-state index in [0.29, 0.717) is 12.2 Å². The van der Waals surface area contributed by atoms with Crippen LogP contribution in [0.4, 0.5) is 10.2 Å². The van der Waals surface area contributed by atoms with Gasteiger partial charge in [-0.3, -0.25) is 0 Å². The number of fused-ring (bicyclic) bond motifs is 3. The summed E-state index contributed by atoms with van der Waals surface area (Å²) in [7, 11) is 0. The molecule has 0 aliphatic rings. The van der Waals surface area contributed by atoms with Gasteiger partial charge in [0.05, 0.1) is 11.2 Å². The van der Waals surface area contributed by atoms with Crippen molar-refractivity contribution in [2.24, 2.45) is 0 Å². The van der Waals surface area contributed by atoms with Crippen molar-refractivity contribution in [3.05, 3.63) is 71.2 Å². The molecule has 5 heteroatoms. The van der Waals surface area contributed by atoms with Gasteiger partial charge in [-0.15, -0.1) is 0 Å². The minimum Gasteiger partial charge on any atom is -0.383 e. The number of nitrogens with two attached hydrogens (primary N) is 1. The maximum absolute atomic E-state index is 13.1. The minimum absolute atomic E-state index is 0.237. The van der Waals surface area contributed by atoms with Crippen molar-refractivity contribution >= 4 is 22.4 Å². The number of aryl methyl sites for hydroxylation is 1. The van der Waals surface area contributed by atoms with Crippen LogP contribution in [0.1, 0.15) is 16.8 Å². The van der Waals surface area contributed by atoms with Gasteiger partial charge in [-0.05, 0) is 36.8 Å². The second kappa shape index (κ2) is 5.05. The van der Waals surface area contributed by atoms with Crippen LogP contribution in [-0.4, -0.2) is 14.6 Å². The predicted molar refractivity (Wildman–Crippen MR) is 88.8 cm³/mol. The normalized spacial score (nSPS) is 11.4. The molecule has 0 amide bonds. The highest BCUT2D eigenvalue weighted by molar-refractivity contribution is 5.90. The molecular formula is C18H15FN4. The molecule has 114 valence electrons. The molecule has 2 heterocycles. The van der Waals surface area contributed by atoms with Gasteiger partial charge < -0.3 is 5.73 Å². The fourth-order valence-corrected chi connectivity index (χ4v) is 2.89. The van der Waals surface area contributed by atoms with Gasteiger partial charge in [-0.1, -0.05) is 24.3 Å². The lowest BCUT2D eigenvalue weighted by Gasteiger charge is -2.05. The van der Waals surface area contributed by atoms with Crippen LogP contribution in [0.5, 0.6) is 0 Å². The molecule has 0 aliphatic heterocycles. The van der Waals surface area contributed by atoms with Crippen molar-refractivity contribution < 1.29 is 4.39 Å². The molecule has 23 heavy (non-hydrogen) atoms. The Labute approximate surface area is 132 Å². The van der Waals surface area contributed by atoms with Gasteiger partial charge in [0.2, 0.25) is 0 Å². The van der Waals surface area contributed by atoms with E-state index in [4.69, 9.17) is 5.73 Å². The third kappa shape index (κ3) is 2.21. The van der Waals surface area contributed by atoms with E-state index in [9.17, 15) is 4.39 Å². The first kappa shape index (κ1) is 13.7. The topological polar surface area (TPSA) is 56.2 Å². The monoisotopic (exact) mass is 306 g/mol. The molecule has 0 radical (unpaired) electrons. The Hall–Kier alpha value is -2.95. The van der Waals surface area contributed by atoms with Gasteiger partial charge in [0.1, 0.15) is 11.6 Å². The Kier molecular flexibility index (Phi) is 3.01. The third-order valence-corrected chi connectivity index (χ3v) is 4.09. The third-order valence-electron chi connectivity index (χ3n) is 4.09. The summed E-state index contributed by atoms with van der Waals surface area (Å²) in [5, 5.41) is 5.51. The highest BCUT2D eigenvalue weighted by atomic mass is 19.1. The van der Waals surface area contributed by atoms with Crippen LogP contribution in [0.3, 0.4) is 0 Å². The molecule has 2 N–H and O–H groups in total. The molecule has 4 nitrogen and oxygen atoms in total. The fraction of sp³-hybridized carbons (Fsp3) is 0.111. The van der Waals surface area contributed by atoms with Crippen LogP contribution in [0.15, 0.2) is 48.5 Å². The van der Waals surface area contributed by atoms with Gasteiger partial charge in [0, 0.05) is 17.4 Å². The summed E-state index contributed by atoms with van der Waals surface area (Å²) in [4.78, 5) is 4.54. The summed E-state index contributed by atoms with van der Waals surface area (Å²) in [6, 6.07) is 14.3. The second-order valence-electron chi connectivity index (χ2n) is 5.62. The van der Waals surface area contributed by atoms with Crippen molar-refractivity contribution in [1.29, 1.82) is 0 Å². The summed E-state index contributed by atoms with van der Waals surface area (Å²) in [6.45, 7) is 1.96. The van der Waals surface area contributed by atoms with E-state index in [2.05, 4.69) is 10.1 Å². The minimum atomic E-state index is -0.237. The van der Waals surface area contributed by atoms with Crippen molar-refractivity contribution in [2.75, 3.05) is 5.73 Å². The van der Waals surface area contributed by atoms with Crippen LogP contribution in [0, 0.1) is 12.7 Å². The molecule has 0 saturated carbocycles. The molecular weight excluding hydrogens is 291 g/mol. The Balaban J connectivity index is 1.93. The van der Waals surface area contributed by atoms with E-state index >= 15 is 0 Å². The molecule has 2 aromatic heterocycles. The molecule has 0 unspecified atom stereocenters. The predicted octanol–water partition coefficient (Wildman–Crippen LogP) is 3.50. The van der Waals surface area contributed by atoms with Crippen LogP contribution in [0.2, 0.25) is 0 Å². The molecule has 4 rings (SSSR count). The average Bonchev–Trinajstić information content (AvgIpc) is 2.86. The Morgan fingerprint density at radius 2 is 1.83 bits per heavy atom. The zero-order valence-electron chi connectivity index (χ0n) is 12.6. The second-order valence-corrected chi connectivity index (χ2v) is 5.62. The largest absolute Gasteiger partial charge is 0.383 e. The highest BCUT2D eigenvalue weighted by Gasteiger charge is 2.15. The zero-order chi connectivity index (χ0) is 16.0. The molecule has 0 fully saturated rings. The van der Waals surface area contributed by atoms with Crippen molar-refractivity contribution in [1.82, 2.24) is 14.6 Å². The number of anilines is 1. The molecule has 2 aromatic carbocycles. The van der Waals surface area contributed by atoms with E-state index < -0.39 is 0 Å². The molecule has 4 aromatic rings. The van der Waals surface area contributed by atoms with Crippen LogP contribution >= 0.6 is 0 Å². The number of benzene rings is 2. The summed E-state index contributed by atoms with van der Waals surface area (Å²) < 4.78 is 14.9. The number of nitrogen functional groups attached to an aromatic ring is 1. The fourth-order valence-electron chi connectivity index (χ4n) is 2.89. The molecule has 0 aliphatic carbocycles. The average molecular weight is 306 g/mol. The molecule has 0 atom stereocenters. The van der Waals surface area contributed by atoms with E-state index in [1.54, 1.807) is 12.1 Å². The number of rotatable bonds is 2. The Morgan fingerprint density at radius 1 is 1.09 bits per heavy atom. The number of hydrogen-bond donors (Lipinski definition) is 1. The lowest BCUT2D eigenvalue weighted by molar-refractivity contribution is 0.627. The molecule has 0 spiro atoms. The van der Waals surface area contributed by atoms with Gasteiger partial charge in [-0.2, -0.15) is 5.10 Å². The lowest BCUT2D eigenvalue weighted by Crippen LogP contribution is -2.00. The Morgan fingerprint density at radius 3 is 2.61 bits per heavy atom. The standard InChI is InChI=1S/C18H15FN4/c1-11-15(10-12-6-8-13(19)9-7-12)18-21-17(20)14-4-2-3-5-16(14)23(18)22-11/h2-9H,10H2,1H3,(H2,20,21). The first-order valence-corrected chi connectivity index (χ1v) is 7.40. The number of nitrogens with zero attached hydrogens (tertiary/aromatic N) is 3. The molecule has 0 saturated heterocycles. The van der Waals surface area contributed by atoms with Crippen molar-refractivity contribution in [3.8, 4) is 0 Å². The Bertz CT molecular complexity index is 1020. The van der Waals surface area contributed by atoms with Gasteiger partial charge in [-0.25, -0.2) is 13.9 Å². The lowest BCUT2D eigenvalue weighted by atomic mass is 10.1. The van der Waals surface area contributed by atoms with Gasteiger partial charge in [0.25, 0.3) is 0 Å². The summed E-state index contributed by atoms with van der Waals surface area (Å²) >= 11 is 0. The van der Waals surface area contributed by atoms with E-state index in [1.807, 2.05) is 35.7 Å². The van der Waals surface area contributed by atoms with E-state index in [1.165, 1.54) is 12.1 Å². The maximum atomic E-state index is 13.1. The van der Waals surface area contributed by atoms with Gasteiger partial charge >= 0.3 is 0 Å². The maximum Gasteiger partial charge on any atom is 0.161 e. The van der Waals surface area contributed by atoms with E-state index in [-0.39, 0.29) is 5.82 Å². The first-order valence-electron chi connectivity index (χ1n) is 7.40. The summed E-state index contributed by atoms with van der Waals surface area (Å²) in [5.41, 5.74) is 10.7. The van der Waals surface area contributed by atoms with Crippen LogP contribution in [-0.2, 0) is 6.42 Å². The SMILES string of the molecule is Cc1nn2c(nc(N)c3ccccc32)c1Cc1ccc(F)cc1. The van der Waals surface area contributed by atoms with Crippen LogP contribution in [0.25, 0.3) is 16.6 Å². The number of hydrogen-bond acceptors (Lipinski definition) is 3. The number of aromatic nitrogens is 3. The number of para-hydroxylation sites is 1. The van der Waals surface area contributed by atoms with E-state index in [0.717, 1.165) is 33.4 Å². The quantitative estimate of drug-likeness (QED) is 0.616. The smallest absolute Gasteiger partial charge is 0.161 e.